The SMILES string of the molecule is CC(C)c1ccn(-c2nc(NN)nc(-n3cccn3)n2)n1. The van der Waals surface area contributed by atoms with Crippen LogP contribution in [0.1, 0.15) is 25.5 Å². The van der Waals surface area contributed by atoms with Crippen molar-refractivity contribution in [3.63, 3.8) is 0 Å². The lowest BCUT2D eigenvalue weighted by atomic mass is 10.1. The highest BCUT2D eigenvalue weighted by molar-refractivity contribution is 5.31. The van der Waals surface area contributed by atoms with Gasteiger partial charge in [-0.3, -0.25) is 5.43 Å². The highest BCUT2D eigenvalue weighted by Crippen LogP contribution is 2.13. The maximum Gasteiger partial charge on any atom is 0.257 e. The molecule has 0 aromatic carbocycles. The van der Waals surface area contributed by atoms with E-state index >= 15 is 0 Å². The number of nitrogens with zero attached hydrogens (tertiary/aromatic N) is 7. The summed E-state index contributed by atoms with van der Waals surface area (Å²) < 4.78 is 3.11. The van der Waals surface area contributed by atoms with Crippen molar-refractivity contribution >= 4 is 5.95 Å². The average Bonchev–Trinajstić information content (AvgIpc) is 3.18. The molecule has 9 nitrogen and oxygen atoms in total. The standard InChI is InChI=1S/C12H15N9/c1-8(2)9-4-7-21(19-9)12-16-10(18-13)15-11(17-12)20-6-3-5-14-20/h3-8H,13H2,1-2H3,(H,15,16,17,18). The minimum Gasteiger partial charge on any atom is -0.292 e. The first-order valence-electron chi connectivity index (χ1n) is 6.46. The number of hydrazine groups is 1. The van der Waals surface area contributed by atoms with Gasteiger partial charge in [-0.15, -0.1) is 0 Å². The molecule has 9 heteroatoms. The van der Waals surface area contributed by atoms with Crippen LogP contribution >= 0.6 is 0 Å². The summed E-state index contributed by atoms with van der Waals surface area (Å²) >= 11 is 0. The zero-order chi connectivity index (χ0) is 14.8. The van der Waals surface area contributed by atoms with Crippen LogP contribution in [0, 0.1) is 0 Å². The maximum absolute atomic E-state index is 5.41. The first-order chi connectivity index (χ1) is 10.2. The summed E-state index contributed by atoms with van der Waals surface area (Å²) in [5, 5.41) is 8.54. The summed E-state index contributed by atoms with van der Waals surface area (Å²) in [4.78, 5) is 12.7. The smallest absolute Gasteiger partial charge is 0.257 e. The van der Waals surface area contributed by atoms with E-state index in [1.807, 2.05) is 6.07 Å². The molecule has 0 fully saturated rings. The monoisotopic (exact) mass is 285 g/mol. The van der Waals surface area contributed by atoms with Crippen molar-refractivity contribution in [2.24, 2.45) is 5.84 Å². The summed E-state index contributed by atoms with van der Waals surface area (Å²) in [6.07, 6.45) is 5.18. The normalized spacial score (nSPS) is 11.0. The molecule has 0 saturated carbocycles. The van der Waals surface area contributed by atoms with Gasteiger partial charge in [0.15, 0.2) is 0 Å². The fraction of sp³-hybridized carbons (Fsp3) is 0.250. The van der Waals surface area contributed by atoms with Crippen molar-refractivity contribution in [2.75, 3.05) is 5.43 Å². The molecule has 3 N–H and O–H groups in total. The number of nitrogens with one attached hydrogen (secondary N) is 1. The molecule has 0 aliphatic heterocycles. The summed E-state index contributed by atoms with van der Waals surface area (Å²) in [6, 6.07) is 3.71. The van der Waals surface area contributed by atoms with Crippen LogP contribution in [0.15, 0.2) is 30.7 Å². The number of rotatable bonds is 4. The van der Waals surface area contributed by atoms with E-state index in [0.29, 0.717) is 17.8 Å². The minimum absolute atomic E-state index is 0.243. The van der Waals surface area contributed by atoms with E-state index in [9.17, 15) is 0 Å². The zero-order valence-corrected chi connectivity index (χ0v) is 11.7. The van der Waals surface area contributed by atoms with Crippen molar-refractivity contribution in [1.29, 1.82) is 0 Å². The molecule has 3 aromatic rings. The molecular formula is C12H15N9. The van der Waals surface area contributed by atoms with E-state index in [2.05, 4.69) is 44.4 Å². The first-order valence-corrected chi connectivity index (χ1v) is 6.46. The Kier molecular flexibility index (Phi) is 3.32. The van der Waals surface area contributed by atoms with Crippen LogP contribution < -0.4 is 11.3 Å². The molecule has 0 bridgehead atoms. The van der Waals surface area contributed by atoms with Crippen LogP contribution in [0.4, 0.5) is 5.95 Å². The molecule has 21 heavy (non-hydrogen) atoms. The summed E-state index contributed by atoms with van der Waals surface area (Å²) in [5.74, 6) is 6.71. The average molecular weight is 285 g/mol. The summed E-state index contributed by atoms with van der Waals surface area (Å²) in [6.45, 7) is 4.14. The van der Waals surface area contributed by atoms with Gasteiger partial charge in [-0.05, 0) is 18.1 Å². The van der Waals surface area contributed by atoms with Crippen LogP contribution in [0.25, 0.3) is 11.9 Å². The number of hydrogen-bond donors (Lipinski definition) is 2. The van der Waals surface area contributed by atoms with Crippen LogP contribution in [-0.2, 0) is 0 Å². The van der Waals surface area contributed by atoms with Gasteiger partial charge in [-0.2, -0.15) is 25.1 Å². The molecule has 108 valence electrons. The van der Waals surface area contributed by atoms with Gasteiger partial charge in [-0.25, -0.2) is 15.2 Å². The predicted octanol–water partition coefficient (Wildman–Crippen LogP) is 0.652. The molecule has 3 heterocycles. The van der Waals surface area contributed by atoms with Crippen molar-refractivity contribution in [3.8, 4) is 11.9 Å². The van der Waals surface area contributed by atoms with Crippen LogP contribution in [0.2, 0.25) is 0 Å². The lowest BCUT2D eigenvalue weighted by Crippen LogP contribution is -2.16. The predicted molar refractivity (Wildman–Crippen MR) is 76.0 cm³/mol. The molecule has 0 spiro atoms. The number of aromatic nitrogens is 7. The van der Waals surface area contributed by atoms with Gasteiger partial charge in [0.05, 0.1) is 5.69 Å². The first kappa shape index (κ1) is 13.2. The van der Waals surface area contributed by atoms with Crippen molar-refractivity contribution in [1.82, 2.24) is 34.5 Å². The molecular weight excluding hydrogens is 270 g/mol. The molecule has 3 aromatic heterocycles. The second-order valence-electron chi connectivity index (χ2n) is 4.69. The lowest BCUT2D eigenvalue weighted by molar-refractivity contribution is 0.719. The molecule has 3 rings (SSSR count). The van der Waals surface area contributed by atoms with Gasteiger partial charge in [0, 0.05) is 18.6 Å². The van der Waals surface area contributed by atoms with E-state index < -0.39 is 0 Å². The zero-order valence-electron chi connectivity index (χ0n) is 11.7. The van der Waals surface area contributed by atoms with Crippen molar-refractivity contribution < 1.29 is 0 Å². The second kappa shape index (κ2) is 5.29. The lowest BCUT2D eigenvalue weighted by Gasteiger charge is -2.06. The Balaban J connectivity index is 2.07. The highest BCUT2D eigenvalue weighted by atomic mass is 15.4. The van der Waals surface area contributed by atoms with Gasteiger partial charge < -0.3 is 0 Å². The Morgan fingerprint density at radius 2 is 1.86 bits per heavy atom. The van der Waals surface area contributed by atoms with Crippen molar-refractivity contribution in [2.45, 2.75) is 19.8 Å². The molecule has 0 aliphatic rings. The van der Waals surface area contributed by atoms with Gasteiger partial charge in [0.25, 0.3) is 11.9 Å². The highest BCUT2D eigenvalue weighted by Gasteiger charge is 2.11. The minimum atomic E-state index is 0.243. The Bertz CT molecular complexity index is 729. The number of nitrogen functional groups attached to an aromatic ring is 1. The van der Waals surface area contributed by atoms with Gasteiger partial charge >= 0.3 is 0 Å². The van der Waals surface area contributed by atoms with E-state index in [0.717, 1.165) is 5.69 Å². The number of nitrogens with two attached hydrogens (primary N) is 1. The number of hydrogen-bond acceptors (Lipinski definition) is 7. The molecule has 0 saturated heterocycles. The fourth-order valence-electron chi connectivity index (χ4n) is 1.77. The topological polar surface area (TPSA) is 112 Å². The van der Waals surface area contributed by atoms with Crippen LogP contribution in [0.3, 0.4) is 0 Å². The van der Waals surface area contributed by atoms with Gasteiger partial charge in [0.2, 0.25) is 5.95 Å². The Morgan fingerprint density at radius 3 is 2.43 bits per heavy atom. The number of anilines is 1. The molecule has 0 unspecified atom stereocenters. The Labute approximate surface area is 120 Å². The largest absolute Gasteiger partial charge is 0.292 e. The molecule has 0 amide bonds. The van der Waals surface area contributed by atoms with Crippen LogP contribution in [-0.4, -0.2) is 34.5 Å². The summed E-state index contributed by atoms with van der Waals surface area (Å²) in [7, 11) is 0. The summed E-state index contributed by atoms with van der Waals surface area (Å²) in [5.41, 5.74) is 3.38. The Morgan fingerprint density at radius 1 is 1.10 bits per heavy atom. The van der Waals surface area contributed by atoms with E-state index in [-0.39, 0.29) is 5.95 Å². The maximum atomic E-state index is 5.41. The van der Waals surface area contributed by atoms with Gasteiger partial charge in [-0.1, -0.05) is 13.8 Å². The second-order valence-corrected chi connectivity index (χ2v) is 4.69. The Hall–Kier alpha value is -2.81. The van der Waals surface area contributed by atoms with E-state index in [1.165, 1.54) is 4.68 Å². The fourth-order valence-corrected chi connectivity index (χ4v) is 1.77. The molecule has 0 atom stereocenters. The van der Waals surface area contributed by atoms with Crippen LogP contribution in [0.5, 0.6) is 0 Å². The van der Waals surface area contributed by atoms with E-state index in [4.69, 9.17) is 5.84 Å². The van der Waals surface area contributed by atoms with Crippen molar-refractivity contribution in [3.05, 3.63) is 36.4 Å². The van der Waals surface area contributed by atoms with E-state index in [1.54, 1.807) is 29.3 Å². The molecule has 0 aliphatic carbocycles. The third-order valence-electron chi connectivity index (χ3n) is 2.86. The quantitative estimate of drug-likeness (QED) is 0.534. The third-order valence-corrected chi connectivity index (χ3v) is 2.86. The molecule has 0 radical (unpaired) electrons. The third kappa shape index (κ3) is 2.58. The van der Waals surface area contributed by atoms with Gasteiger partial charge in [0.1, 0.15) is 0 Å².